The van der Waals surface area contributed by atoms with Gasteiger partial charge in [-0.25, -0.2) is 0 Å². The molecule has 20 heavy (non-hydrogen) atoms. The fraction of sp³-hybridized carbons (Fsp3) is 0.562. The number of hydrogen-bond acceptors (Lipinski definition) is 2. The normalized spacial score (nSPS) is 25.4. The molecule has 1 aliphatic heterocycles. The standard InChI is InChI=1S/C16H22ClNO2/c1-11(9-13-3-5-15(17)6-4-13)18-8-7-14(16(19)20)10-12(18)2/h3-6,11-12,14H,7-10H2,1-2H3,(H,19,20). The highest BCUT2D eigenvalue weighted by atomic mass is 35.5. The van der Waals surface area contributed by atoms with E-state index in [4.69, 9.17) is 16.7 Å². The zero-order valence-electron chi connectivity index (χ0n) is 12.1. The Morgan fingerprint density at radius 1 is 1.45 bits per heavy atom. The Bertz CT molecular complexity index is 460. The number of carbonyl (C=O) groups is 1. The van der Waals surface area contributed by atoms with Crippen LogP contribution in [0.2, 0.25) is 5.02 Å². The molecular weight excluding hydrogens is 274 g/mol. The molecule has 1 fully saturated rings. The van der Waals surface area contributed by atoms with Crippen LogP contribution in [0.25, 0.3) is 0 Å². The SMILES string of the molecule is CC(Cc1ccc(Cl)cc1)N1CCC(C(=O)O)CC1C. The fourth-order valence-electron chi connectivity index (χ4n) is 3.15. The Balaban J connectivity index is 1.94. The summed E-state index contributed by atoms with van der Waals surface area (Å²) in [5.74, 6) is -0.828. The highest BCUT2D eigenvalue weighted by Gasteiger charge is 2.31. The first-order chi connectivity index (χ1) is 9.47. The van der Waals surface area contributed by atoms with Gasteiger partial charge in [-0.15, -0.1) is 0 Å². The number of carboxylic acid groups (broad SMARTS) is 1. The van der Waals surface area contributed by atoms with Crippen LogP contribution in [0.15, 0.2) is 24.3 Å². The molecule has 110 valence electrons. The Hall–Kier alpha value is -1.06. The van der Waals surface area contributed by atoms with Crippen LogP contribution in [-0.4, -0.2) is 34.6 Å². The third-order valence-corrected chi connectivity index (χ3v) is 4.54. The Morgan fingerprint density at radius 3 is 2.65 bits per heavy atom. The van der Waals surface area contributed by atoms with Crippen molar-refractivity contribution in [1.82, 2.24) is 4.90 Å². The van der Waals surface area contributed by atoms with E-state index < -0.39 is 5.97 Å². The van der Waals surface area contributed by atoms with E-state index in [0.717, 1.165) is 30.8 Å². The van der Waals surface area contributed by atoms with Gasteiger partial charge in [0.05, 0.1) is 5.92 Å². The van der Waals surface area contributed by atoms with Crippen LogP contribution in [0.5, 0.6) is 0 Å². The number of likely N-dealkylation sites (tertiary alicyclic amines) is 1. The van der Waals surface area contributed by atoms with Crippen molar-refractivity contribution >= 4 is 17.6 Å². The van der Waals surface area contributed by atoms with E-state index >= 15 is 0 Å². The molecule has 1 saturated heterocycles. The molecule has 1 aliphatic rings. The molecule has 0 aliphatic carbocycles. The summed E-state index contributed by atoms with van der Waals surface area (Å²) < 4.78 is 0. The number of halogens is 1. The van der Waals surface area contributed by atoms with Gasteiger partial charge in [0.1, 0.15) is 0 Å². The molecule has 0 radical (unpaired) electrons. The summed E-state index contributed by atoms with van der Waals surface area (Å²) in [5.41, 5.74) is 1.27. The number of rotatable bonds is 4. The molecule has 2 rings (SSSR count). The summed E-state index contributed by atoms with van der Waals surface area (Å²) in [5, 5.41) is 9.87. The van der Waals surface area contributed by atoms with Crippen LogP contribution in [-0.2, 0) is 11.2 Å². The molecule has 1 aromatic rings. The van der Waals surface area contributed by atoms with E-state index in [0.29, 0.717) is 12.1 Å². The Kier molecular flexibility index (Phi) is 5.06. The smallest absolute Gasteiger partial charge is 0.306 e. The maximum absolute atomic E-state index is 11.1. The summed E-state index contributed by atoms with van der Waals surface area (Å²) in [7, 11) is 0. The molecule has 3 nitrogen and oxygen atoms in total. The zero-order valence-corrected chi connectivity index (χ0v) is 12.8. The van der Waals surface area contributed by atoms with Crippen LogP contribution in [0.3, 0.4) is 0 Å². The van der Waals surface area contributed by atoms with Gasteiger partial charge in [0, 0.05) is 17.1 Å². The van der Waals surface area contributed by atoms with Gasteiger partial charge < -0.3 is 5.11 Å². The van der Waals surface area contributed by atoms with E-state index in [1.54, 1.807) is 0 Å². The number of nitrogens with zero attached hydrogens (tertiary/aromatic N) is 1. The van der Waals surface area contributed by atoms with Gasteiger partial charge in [-0.1, -0.05) is 23.7 Å². The largest absolute Gasteiger partial charge is 0.481 e. The average Bonchev–Trinajstić information content (AvgIpc) is 2.41. The summed E-state index contributed by atoms with van der Waals surface area (Å²) in [6, 6.07) is 8.71. The molecule has 1 aromatic carbocycles. The van der Waals surface area contributed by atoms with Crippen molar-refractivity contribution in [3.8, 4) is 0 Å². The third kappa shape index (κ3) is 3.74. The lowest BCUT2D eigenvalue weighted by Crippen LogP contribution is -2.47. The predicted molar refractivity (Wildman–Crippen MR) is 81.1 cm³/mol. The minimum absolute atomic E-state index is 0.177. The minimum Gasteiger partial charge on any atom is -0.481 e. The molecular formula is C16H22ClNO2. The molecule has 4 heteroatoms. The maximum atomic E-state index is 11.1. The lowest BCUT2D eigenvalue weighted by Gasteiger charge is -2.40. The highest BCUT2D eigenvalue weighted by molar-refractivity contribution is 6.30. The molecule has 3 atom stereocenters. The fourth-order valence-corrected chi connectivity index (χ4v) is 3.27. The van der Waals surface area contributed by atoms with Crippen molar-refractivity contribution in [2.75, 3.05) is 6.54 Å². The highest BCUT2D eigenvalue weighted by Crippen LogP contribution is 2.26. The number of hydrogen-bond donors (Lipinski definition) is 1. The molecule has 3 unspecified atom stereocenters. The maximum Gasteiger partial charge on any atom is 0.306 e. The van der Waals surface area contributed by atoms with E-state index in [1.165, 1.54) is 5.56 Å². The van der Waals surface area contributed by atoms with Crippen LogP contribution in [0.1, 0.15) is 32.3 Å². The molecule has 0 bridgehead atoms. The molecule has 1 N–H and O–H groups in total. The quantitative estimate of drug-likeness (QED) is 0.925. The lowest BCUT2D eigenvalue weighted by atomic mass is 9.90. The Morgan fingerprint density at radius 2 is 2.10 bits per heavy atom. The van der Waals surface area contributed by atoms with E-state index in [-0.39, 0.29) is 5.92 Å². The second kappa shape index (κ2) is 6.59. The van der Waals surface area contributed by atoms with Crippen LogP contribution < -0.4 is 0 Å². The van der Waals surface area contributed by atoms with Gasteiger partial charge in [0.25, 0.3) is 0 Å². The van der Waals surface area contributed by atoms with Crippen molar-refractivity contribution in [3.05, 3.63) is 34.9 Å². The van der Waals surface area contributed by atoms with Gasteiger partial charge >= 0.3 is 5.97 Å². The third-order valence-electron chi connectivity index (χ3n) is 4.29. The second-order valence-corrected chi connectivity index (χ2v) is 6.26. The van der Waals surface area contributed by atoms with E-state index in [2.05, 4.69) is 30.9 Å². The number of carboxylic acids is 1. The topological polar surface area (TPSA) is 40.5 Å². The average molecular weight is 296 g/mol. The Labute approximate surface area is 125 Å². The number of piperidine rings is 1. The van der Waals surface area contributed by atoms with Gasteiger partial charge in [0.2, 0.25) is 0 Å². The van der Waals surface area contributed by atoms with Crippen molar-refractivity contribution in [2.24, 2.45) is 5.92 Å². The van der Waals surface area contributed by atoms with Crippen molar-refractivity contribution < 1.29 is 9.90 Å². The summed E-state index contributed by atoms with van der Waals surface area (Å²) in [4.78, 5) is 13.5. The van der Waals surface area contributed by atoms with Gasteiger partial charge in [-0.2, -0.15) is 0 Å². The molecule has 0 aromatic heterocycles. The van der Waals surface area contributed by atoms with Crippen LogP contribution in [0, 0.1) is 5.92 Å². The second-order valence-electron chi connectivity index (χ2n) is 5.83. The van der Waals surface area contributed by atoms with Gasteiger partial charge in [-0.3, -0.25) is 9.69 Å². The van der Waals surface area contributed by atoms with Gasteiger partial charge in [-0.05, 0) is 57.4 Å². The first kappa shape index (κ1) is 15.3. The molecule has 0 amide bonds. The van der Waals surface area contributed by atoms with Crippen LogP contribution >= 0.6 is 11.6 Å². The van der Waals surface area contributed by atoms with Crippen molar-refractivity contribution in [1.29, 1.82) is 0 Å². The predicted octanol–water partition coefficient (Wildman–Crippen LogP) is 3.46. The summed E-state index contributed by atoms with van der Waals surface area (Å²) >= 11 is 5.90. The van der Waals surface area contributed by atoms with E-state index in [1.807, 2.05) is 12.1 Å². The lowest BCUT2D eigenvalue weighted by molar-refractivity contribution is -0.144. The molecule has 0 saturated carbocycles. The minimum atomic E-state index is -0.651. The summed E-state index contributed by atoms with van der Waals surface area (Å²) in [6.45, 7) is 5.21. The molecule has 1 heterocycles. The monoisotopic (exact) mass is 295 g/mol. The summed E-state index contributed by atoms with van der Waals surface area (Å²) in [6.07, 6.45) is 2.48. The molecule has 0 spiro atoms. The van der Waals surface area contributed by atoms with Gasteiger partial charge in [0.15, 0.2) is 0 Å². The first-order valence-corrected chi connectivity index (χ1v) is 7.58. The van der Waals surface area contributed by atoms with E-state index in [9.17, 15) is 4.79 Å². The van der Waals surface area contributed by atoms with Crippen molar-refractivity contribution in [2.45, 2.75) is 45.2 Å². The van der Waals surface area contributed by atoms with Crippen LogP contribution in [0.4, 0.5) is 0 Å². The first-order valence-electron chi connectivity index (χ1n) is 7.20. The number of benzene rings is 1. The zero-order chi connectivity index (χ0) is 14.7. The number of aliphatic carboxylic acids is 1. The van der Waals surface area contributed by atoms with Crippen molar-refractivity contribution in [3.63, 3.8) is 0 Å².